The van der Waals surface area contributed by atoms with Crippen LogP contribution in [0.15, 0.2) is 29.3 Å². The smallest absolute Gasteiger partial charge is 0.328 e. The summed E-state index contributed by atoms with van der Waals surface area (Å²) in [4.78, 5) is 38.0. The maximum atomic E-state index is 13.2. The number of unbranched alkanes of at least 4 members (excludes halogenated alkanes) is 3. The minimum Gasteiger partial charge on any atom is -0.497 e. The molecule has 8 nitrogen and oxygen atoms in total. The minimum absolute atomic E-state index is 0.120. The third kappa shape index (κ3) is 3.30. The first-order valence-electron chi connectivity index (χ1n) is 10.4. The number of amides is 3. The number of methoxy groups -OCH3 is 1. The van der Waals surface area contributed by atoms with E-state index in [4.69, 9.17) is 9.73 Å². The number of anilines is 1. The highest BCUT2D eigenvalue weighted by Crippen LogP contribution is 2.33. The number of likely N-dealkylation sites (N-methyl/N-ethyl adjacent to an activating group) is 1. The van der Waals surface area contributed by atoms with Crippen LogP contribution in [0, 0.1) is 0 Å². The fourth-order valence-electron chi connectivity index (χ4n) is 4.35. The Morgan fingerprint density at radius 2 is 1.86 bits per heavy atom. The quantitative estimate of drug-likeness (QED) is 0.659. The number of hydrogen-bond acceptors (Lipinski definition) is 6. The summed E-state index contributed by atoms with van der Waals surface area (Å²) in [5.41, 5.74) is 1.00. The van der Waals surface area contributed by atoms with Crippen LogP contribution in [0.2, 0.25) is 0 Å². The van der Waals surface area contributed by atoms with E-state index in [1.807, 2.05) is 24.3 Å². The molecular formula is C21H29N5O3. The van der Waals surface area contributed by atoms with E-state index in [2.05, 4.69) is 16.7 Å². The first-order valence-corrected chi connectivity index (χ1v) is 10.4. The maximum Gasteiger partial charge on any atom is 0.328 e. The lowest BCUT2D eigenvalue weighted by Gasteiger charge is -2.40. The zero-order valence-corrected chi connectivity index (χ0v) is 17.4. The maximum absolute atomic E-state index is 13.2. The Balaban J connectivity index is 1.53. The van der Waals surface area contributed by atoms with Crippen LogP contribution < -0.4 is 9.64 Å². The van der Waals surface area contributed by atoms with Gasteiger partial charge in [0, 0.05) is 32.4 Å². The minimum atomic E-state index is -0.460. The van der Waals surface area contributed by atoms with Crippen LogP contribution in [0.5, 0.6) is 5.75 Å². The third-order valence-corrected chi connectivity index (χ3v) is 6.00. The van der Waals surface area contributed by atoms with Gasteiger partial charge in [0.25, 0.3) is 5.91 Å². The number of benzene rings is 1. The molecule has 3 aliphatic rings. The van der Waals surface area contributed by atoms with Crippen molar-refractivity contribution >= 4 is 23.6 Å². The van der Waals surface area contributed by atoms with Crippen LogP contribution in [-0.2, 0) is 4.79 Å². The third-order valence-electron chi connectivity index (χ3n) is 6.00. The molecule has 0 aliphatic carbocycles. The molecule has 0 saturated carbocycles. The summed E-state index contributed by atoms with van der Waals surface area (Å²) in [7, 11) is 3.39. The Labute approximate surface area is 171 Å². The number of aliphatic imine (C=N–C) groups is 1. The fraction of sp³-hybridized carbons (Fsp3) is 0.571. The molecule has 2 saturated heterocycles. The summed E-state index contributed by atoms with van der Waals surface area (Å²) >= 11 is 0. The van der Waals surface area contributed by atoms with E-state index in [-0.39, 0.29) is 11.9 Å². The van der Waals surface area contributed by atoms with E-state index < -0.39 is 12.2 Å². The standard InChI is InChI=1S/C21H29N5O3/c1-4-5-6-7-12-26-19(27)17-18(23(2)21(26)28)22-20-24(13-14-25(17)20)15-8-10-16(29-3)11-9-15/h8-11,17-18H,4-7,12-14H2,1-3H3. The van der Waals surface area contributed by atoms with Gasteiger partial charge in [-0.1, -0.05) is 26.2 Å². The Morgan fingerprint density at radius 3 is 2.55 bits per heavy atom. The van der Waals surface area contributed by atoms with Crippen molar-refractivity contribution in [3.05, 3.63) is 24.3 Å². The van der Waals surface area contributed by atoms with Gasteiger partial charge in [-0.2, -0.15) is 0 Å². The van der Waals surface area contributed by atoms with Gasteiger partial charge in [-0.15, -0.1) is 0 Å². The molecule has 0 aromatic heterocycles. The summed E-state index contributed by atoms with van der Waals surface area (Å²) in [5, 5.41) is 0. The second-order valence-corrected chi connectivity index (χ2v) is 7.77. The summed E-state index contributed by atoms with van der Waals surface area (Å²) in [6.45, 7) is 4.10. The molecule has 156 valence electrons. The van der Waals surface area contributed by atoms with Crippen molar-refractivity contribution in [2.75, 3.05) is 38.7 Å². The van der Waals surface area contributed by atoms with Crippen molar-refractivity contribution in [3.63, 3.8) is 0 Å². The number of carbonyl (C=O) groups is 2. The molecule has 3 amide bonds. The lowest BCUT2D eigenvalue weighted by molar-refractivity contribution is -0.137. The number of urea groups is 1. The van der Waals surface area contributed by atoms with Crippen molar-refractivity contribution in [2.24, 2.45) is 4.99 Å². The van der Waals surface area contributed by atoms with Gasteiger partial charge in [-0.05, 0) is 30.7 Å². The number of nitrogens with zero attached hydrogens (tertiary/aromatic N) is 5. The van der Waals surface area contributed by atoms with Crippen molar-refractivity contribution in [1.29, 1.82) is 0 Å². The van der Waals surface area contributed by atoms with Crippen molar-refractivity contribution < 1.29 is 14.3 Å². The average Bonchev–Trinajstić information content (AvgIpc) is 3.31. The fourth-order valence-corrected chi connectivity index (χ4v) is 4.35. The predicted molar refractivity (Wildman–Crippen MR) is 111 cm³/mol. The Bertz CT molecular complexity index is 809. The van der Waals surface area contributed by atoms with Gasteiger partial charge in [0.1, 0.15) is 5.75 Å². The van der Waals surface area contributed by atoms with E-state index in [1.165, 1.54) is 4.90 Å². The summed E-state index contributed by atoms with van der Waals surface area (Å²) < 4.78 is 5.24. The van der Waals surface area contributed by atoms with Crippen molar-refractivity contribution in [1.82, 2.24) is 14.7 Å². The summed E-state index contributed by atoms with van der Waals surface area (Å²) in [5.74, 6) is 1.45. The lowest BCUT2D eigenvalue weighted by atomic mass is 10.1. The van der Waals surface area contributed by atoms with Crippen LogP contribution in [0.25, 0.3) is 0 Å². The van der Waals surface area contributed by atoms with Crippen molar-refractivity contribution in [3.8, 4) is 5.75 Å². The van der Waals surface area contributed by atoms with Crippen LogP contribution >= 0.6 is 0 Å². The number of fused-ring (bicyclic) bond motifs is 3. The van der Waals surface area contributed by atoms with Crippen LogP contribution in [-0.4, -0.2) is 78.6 Å². The van der Waals surface area contributed by atoms with Gasteiger partial charge in [0.2, 0.25) is 5.96 Å². The highest BCUT2D eigenvalue weighted by Gasteiger charge is 2.54. The average molecular weight is 399 g/mol. The molecule has 3 aliphatic heterocycles. The van der Waals surface area contributed by atoms with Gasteiger partial charge < -0.3 is 19.4 Å². The van der Waals surface area contributed by atoms with Crippen LogP contribution in [0.3, 0.4) is 0 Å². The summed E-state index contributed by atoms with van der Waals surface area (Å²) in [6.07, 6.45) is 3.66. The van der Waals surface area contributed by atoms with E-state index >= 15 is 0 Å². The monoisotopic (exact) mass is 399 g/mol. The molecule has 3 heterocycles. The highest BCUT2D eigenvalue weighted by molar-refractivity contribution is 6.07. The highest BCUT2D eigenvalue weighted by atomic mass is 16.5. The predicted octanol–water partition coefficient (Wildman–Crippen LogP) is 2.36. The first-order chi connectivity index (χ1) is 14.1. The SMILES string of the molecule is CCCCCCN1C(=O)C2C(N=C3N(c4ccc(OC)cc4)CCN32)N(C)C1=O. The largest absolute Gasteiger partial charge is 0.497 e. The summed E-state index contributed by atoms with van der Waals surface area (Å²) in [6, 6.07) is 7.14. The van der Waals surface area contributed by atoms with Crippen LogP contribution in [0.4, 0.5) is 10.5 Å². The van der Waals surface area contributed by atoms with Gasteiger partial charge >= 0.3 is 6.03 Å². The number of ether oxygens (including phenoxy) is 1. The molecule has 29 heavy (non-hydrogen) atoms. The Kier molecular flexibility index (Phi) is 5.34. The number of rotatable bonds is 7. The van der Waals surface area contributed by atoms with E-state index in [1.54, 1.807) is 19.1 Å². The first kappa shape index (κ1) is 19.5. The molecule has 0 radical (unpaired) electrons. The zero-order valence-electron chi connectivity index (χ0n) is 17.4. The van der Waals surface area contributed by atoms with E-state index in [9.17, 15) is 9.59 Å². The second kappa shape index (κ2) is 7.93. The van der Waals surface area contributed by atoms with Gasteiger partial charge in [-0.25, -0.2) is 9.79 Å². The van der Waals surface area contributed by atoms with Gasteiger partial charge in [0.15, 0.2) is 12.2 Å². The second-order valence-electron chi connectivity index (χ2n) is 7.77. The molecular weight excluding hydrogens is 370 g/mol. The Morgan fingerprint density at radius 1 is 1.10 bits per heavy atom. The zero-order chi connectivity index (χ0) is 20.5. The Hall–Kier alpha value is -2.77. The number of hydrogen-bond donors (Lipinski definition) is 0. The lowest BCUT2D eigenvalue weighted by Crippen LogP contribution is -2.64. The molecule has 2 fully saturated rings. The van der Waals surface area contributed by atoms with Gasteiger partial charge in [-0.3, -0.25) is 9.69 Å². The normalized spacial score (nSPS) is 23.5. The number of imide groups is 1. The molecule has 2 atom stereocenters. The number of carbonyl (C=O) groups excluding carboxylic acids is 2. The number of guanidine groups is 1. The topological polar surface area (TPSA) is 68.7 Å². The molecule has 8 heteroatoms. The molecule has 0 N–H and O–H groups in total. The van der Waals surface area contributed by atoms with Gasteiger partial charge in [0.05, 0.1) is 7.11 Å². The molecule has 4 rings (SSSR count). The molecule has 1 aromatic rings. The van der Waals surface area contributed by atoms with Crippen molar-refractivity contribution in [2.45, 2.75) is 44.8 Å². The molecule has 2 unspecified atom stereocenters. The molecule has 0 bridgehead atoms. The molecule has 0 spiro atoms. The molecule has 1 aromatic carbocycles. The van der Waals surface area contributed by atoms with E-state index in [0.717, 1.165) is 49.6 Å². The van der Waals surface area contributed by atoms with Crippen LogP contribution in [0.1, 0.15) is 32.6 Å². The van der Waals surface area contributed by atoms with E-state index in [0.29, 0.717) is 13.1 Å².